The zero-order chi connectivity index (χ0) is 13.1. The highest BCUT2D eigenvalue weighted by Gasteiger charge is 2.14. The molecule has 92 valence electrons. The summed E-state index contributed by atoms with van der Waals surface area (Å²) in [6, 6.07) is 12.2. The fourth-order valence-electron chi connectivity index (χ4n) is 1.43. The average Bonchev–Trinajstić information content (AvgIpc) is 2.32. The quantitative estimate of drug-likeness (QED) is 0.881. The van der Waals surface area contributed by atoms with E-state index in [0.717, 1.165) is 4.90 Å². The molecule has 0 atom stereocenters. The SMILES string of the molecule is O=C(O)c1c(Cl)cccc1Sc1ccc(Cl)cc1. The van der Waals surface area contributed by atoms with Crippen molar-refractivity contribution in [1.29, 1.82) is 0 Å². The summed E-state index contributed by atoms with van der Waals surface area (Å²) < 4.78 is 0. The molecule has 2 rings (SSSR count). The molecule has 2 nitrogen and oxygen atoms in total. The van der Waals surface area contributed by atoms with Crippen molar-refractivity contribution in [2.45, 2.75) is 9.79 Å². The molecule has 1 N–H and O–H groups in total. The highest BCUT2D eigenvalue weighted by atomic mass is 35.5. The second-order valence-corrected chi connectivity index (χ2v) is 5.43. The Morgan fingerprint density at radius 2 is 1.72 bits per heavy atom. The van der Waals surface area contributed by atoms with Crippen LogP contribution in [0.25, 0.3) is 0 Å². The molecule has 0 heterocycles. The molecule has 5 heteroatoms. The van der Waals surface area contributed by atoms with Crippen LogP contribution in [0.4, 0.5) is 0 Å². The van der Waals surface area contributed by atoms with Gasteiger partial charge in [0.25, 0.3) is 0 Å². The van der Waals surface area contributed by atoms with Gasteiger partial charge in [0.1, 0.15) is 0 Å². The molecule has 0 radical (unpaired) electrons. The lowest BCUT2D eigenvalue weighted by Gasteiger charge is -2.07. The highest BCUT2D eigenvalue weighted by molar-refractivity contribution is 7.99. The average molecular weight is 299 g/mol. The van der Waals surface area contributed by atoms with Crippen LogP contribution in [0.2, 0.25) is 10.0 Å². The largest absolute Gasteiger partial charge is 0.478 e. The molecule has 18 heavy (non-hydrogen) atoms. The summed E-state index contributed by atoms with van der Waals surface area (Å²) in [7, 11) is 0. The van der Waals surface area contributed by atoms with Gasteiger partial charge in [-0.05, 0) is 36.4 Å². The Bertz CT molecular complexity index is 582. The monoisotopic (exact) mass is 298 g/mol. The molecule has 0 unspecified atom stereocenters. The Kier molecular flexibility index (Phi) is 4.17. The number of hydrogen-bond donors (Lipinski definition) is 1. The first-order valence-corrected chi connectivity index (χ1v) is 6.60. The number of hydrogen-bond acceptors (Lipinski definition) is 2. The smallest absolute Gasteiger partial charge is 0.338 e. The second kappa shape index (κ2) is 5.65. The summed E-state index contributed by atoms with van der Waals surface area (Å²) >= 11 is 13.0. The van der Waals surface area contributed by atoms with Crippen molar-refractivity contribution in [1.82, 2.24) is 0 Å². The molecule has 0 bridgehead atoms. The van der Waals surface area contributed by atoms with Gasteiger partial charge in [0.15, 0.2) is 0 Å². The summed E-state index contributed by atoms with van der Waals surface area (Å²) in [4.78, 5) is 12.7. The maximum atomic E-state index is 11.2. The maximum absolute atomic E-state index is 11.2. The van der Waals surface area contributed by atoms with Crippen LogP contribution in [-0.2, 0) is 0 Å². The van der Waals surface area contributed by atoms with Crippen LogP contribution < -0.4 is 0 Å². The Balaban J connectivity index is 2.37. The van der Waals surface area contributed by atoms with Gasteiger partial charge in [-0.3, -0.25) is 0 Å². The lowest BCUT2D eigenvalue weighted by molar-refractivity contribution is 0.0693. The second-order valence-electron chi connectivity index (χ2n) is 3.47. The third kappa shape index (κ3) is 2.99. The van der Waals surface area contributed by atoms with E-state index in [1.54, 1.807) is 30.3 Å². The minimum atomic E-state index is -1.03. The van der Waals surface area contributed by atoms with Crippen LogP contribution >= 0.6 is 35.0 Å². The van der Waals surface area contributed by atoms with Gasteiger partial charge >= 0.3 is 5.97 Å². The first-order valence-electron chi connectivity index (χ1n) is 5.03. The van der Waals surface area contributed by atoms with Gasteiger partial charge in [-0.1, -0.05) is 41.0 Å². The maximum Gasteiger partial charge on any atom is 0.338 e. The van der Waals surface area contributed by atoms with E-state index < -0.39 is 5.97 Å². The molecule has 2 aromatic rings. The summed E-state index contributed by atoms with van der Waals surface area (Å²) in [6.45, 7) is 0. The highest BCUT2D eigenvalue weighted by Crippen LogP contribution is 2.34. The standard InChI is InChI=1S/C13H8Cl2O2S/c14-8-4-6-9(7-5-8)18-11-3-1-2-10(15)12(11)13(16)17/h1-7H,(H,16,17). The fraction of sp³-hybridized carbons (Fsp3) is 0. The van der Waals surface area contributed by atoms with Crippen molar-refractivity contribution >= 4 is 40.9 Å². The van der Waals surface area contributed by atoms with Gasteiger partial charge in [-0.2, -0.15) is 0 Å². The zero-order valence-electron chi connectivity index (χ0n) is 9.06. The number of halogens is 2. The lowest BCUT2D eigenvalue weighted by Crippen LogP contribution is -1.99. The predicted molar refractivity (Wildman–Crippen MR) is 74.0 cm³/mol. The van der Waals surface area contributed by atoms with Gasteiger partial charge in [0, 0.05) is 14.8 Å². The topological polar surface area (TPSA) is 37.3 Å². The third-order valence-corrected chi connectivity index (χ3v) is 3.87. The van der Waals surface area contributed by atoms with Gasteiger partial charge in [-0.25, -0.2) is 4.79 Å². The molecule has 2 aromatic carbocycles. The van der Waals surface area contributed by atoms with Gasteiger partial charge < -0.3 is 5.11 Å². The molecular weight excluding hydrogens is 291 g/mol. The Hall–Kier alpha value is -1.16. The van der Waals surface area contributed by atoms with Gasteiger partial charge in [0.2, 0.25) is 0 Å². The van der Waals surface area contributed by atoms with E-state index in [1.165, 1.54) is 11.8 Å². The summed E-state index contributed by atoms with van der Waals surface area (Å²) in [6.07, 6.45) is 0. The molecule has 0 saturated heterocycles. The van der Waals surface area contributed by atoms with E-state index in [9.17, 15) is 4.79 Å². The van der Waals surface area contributed by atoms with E-state index in [4.69, 9.17) is 28.3 Å². The fourth-order valence-corrected chi connectivity index (χ4v) is 2.84. The van der Waals surface area contributed by atoms with E-state index in [1.807, 2.05) is 12.1 Å². The van der Waals surface area contributed by atoms with Crippen molar-refractivity contribution < 1.29 is 9.90 Å². The number of carbonyl (C=O) groups is 1. The van der Waals surface area contributed by atoms with E-state index >= 15 is 0 Å². The lowest BCUT2D eigenvalue weighted by atomic mass is 10.2. The van der Waals surface area contributed by atoms with Crippen LogP contribution in [0.5, 0.6) is 0 Å². The molecular formula is C13H8Cl2O2S. The first-order chi connectivity index (χ1) is 8.58. The molecule has 0 aliphatic rings. The van der Waals surface area contributed by atoms with Crippen molar-refractivity contribution in [2.75, 3.05) is 0 Å². The van der Waals surface area contributed by atoms with Crippen molar-refractivity contribution in [2.24, 2.45) is 0 Å². The predicted octanol–water partition coefficient (Wildman–Crippen LogP) is 4.84. The number of rotatable bonds is 3. The van der Waals surface area contributed by atoms with Crippen LogP contribution in [0.3, 0.4) is 0 Å². The Morgan fingerprint density at radius 1 is 1.06 bits per heavy atom. The van der Waals surface area contributed by atoms with Gasteiger partial charge in [-0.15, -0.1) is 0 Å². The molecule has 0 aliphatic heterocycles. The normalized spacial score (nSPS) is 10.3. The molecule has 0 aromatic heterocycles. The Labute approximate surface area is 119 Å². The van der Waals surface area contributed by atoms with Gasteiger partial charge in [0.05, 0.1) is 10.6 Å². The van der Waals surface area contributed by atoms with E-state index in [2.05, 4.69) is 0 Å². The number of aromatic carboxylic acids is 1. The summed E-state index contributed by atoms with van der Waals surface area (Å²) in [5, 5.41) is 10.0. The molecule has 0 amide bonds. The van der Waals surface area contributed by atoms with Crippen molar-refractivity contribution in [3.05, 3.63) is 58.1 Å². The minimum Gasteiger partial charge on any atom is -0.478 e. The molecule has 0 saturated carbocycles. The van der Waals surface area contributed by atoms with Crippen molar-refractivity contribution in [3.8, 4) is 0 Å². The van der Waals surface area contributed by atoms with Crippen LogP contribution in [0, 0.1) is 0 Å². The summed E-state index contributed by atoms with van der Waals surface area (Å²) in [5.41, 5.74) is 0.124. The summed E-state index contributed by atoms with van der Waals surface area (Å²) in [5.74, 6) is -1.03. The van der Waals surface area contributed by atoms with Crippen LogP contribution in [0.15, 0.2) is 52.3 Å². The molecule has 0 aliphatic carbocycles. The third-order valence-electron chi connectivity index (χ3n) is 2.23. The molecule has 0 spiro atoms. The van der Waals surface area contributed by atoms with Crippen molar-refractivity contribution in [3.63, 3.8) is 0 Å². The first kappa shape index (κ1) is 13.3. The van der Waals surface area contributed by atoms with Crippen LogP contribution in [-0.4, -0.2) is 11.1 Å². The van der Waals surface area contributed by atoms with E-state index in [0.29, 0.717) is 9.92 Å². The van der Waals surface area contributed by atoms with E-state index in [-0.39, 0.29) is 10.6 Å². The number of benzene rings is 2. The number of carboxylic acids is 1. The number of carboxylic acid groups (broad SMARTS) is 1. The Morgan fingerprint density at radius 3 is 2.33 bits per heavy atom. The molecule has 0 fully saturated rings. The zero-order valence-corrected chi connectivity index (χ0v) is 11.4. The minimum absolute atomic E-state index is 0.124. The van der Waals surface area contributed by atoms with Crippen LogP contribution in [0.1, 0.15) is 10.4 Å².